The van der Waals surface area contributed by atoms with E-state index in [0.29, 0.717) is 39.9 Å². The number of carbonyl (C=O) groups is 1. The standard InChI is InChI=1S/C22H23N5O2/c1-3-4-11-27(2)22(29)13-9-10-15-14(12-13)18(23)19(24-15)20-21(28)26-17-8-6-5-7-16(17)25-20/h5-10,12,24H,3-4,11,23H2,1-2H3,(H,26,28). The monoisotopic (exact) mass is 389 g/mol. The third-order valence-corrected chi connectivity index (χ3v) is 5.12. The summed E-state index contributed by atoms with van der Waals surface area (Å²) >= 11 is 0. The van der Waals surface area contributed by atoms with Gasteiger partial charge in [-0.3, -0.25) is 9.59 Å². The van der Waals surface area contributed by atoms with E-state index < -0.39 is 0 Å². The molecule has 0 atom stereocenters. The van der Waals surface area contributed by atoms with Gasteiger partial charge in [0.05, 0.1) is 22.4 Å². The number of benzene rings is 2. The van der Waals surface area contributed by atoms with Gasteiger partial charge in [0.25, 0.3) is 11.5 Å². The molecule has 4 aromatic rings. The number of anilines is 1. The first-order valence-electron chi connectivity index (χ1n) is 9.65. The number of amides is 1. The number of H-pyrrole nitrogens is 2. The van der Waals surface area contributed by atoms with Crippen LogP contribution in [0, 0.1) is 0 Å². The van der Waals surface area contributed by atoms with E-state index in [-0.39, 0.29) is 17.2 Å². The Morgan fingerprint density at radius 2 is 1.93 bits per heavy atom. The van der Waals surface area contributed by atoms with E-state index in [4.69, 9.17) is 5.73 Å². The molecule has 0 saturated heterocycles. The average Bonchev–Trinajstić information content (AvgIpc) is 3.06. The Bertz CT molecular complexity index is 1270. The van der Waals surface area contributed by atoms with Crippen LogP contribution >= 0.6 is 0 Å². The molecule has 0 aliphatic carbocycles. The lowest BCUT2D eigenvalue weighted by atomic mass is 10.1. The minimum atomic E-state index is -0.322. The largest absolute Gasteiger partial charge is 0.396 e. The highest BCUT2D eigenvalue weighted by molar-refractivity contribution is 6.04. The summed E-state index contributed by atoms with van der Waals surface area (Å²) in [5.74, 6) is -0.0517. The Hall–Kier alpha value is -3.61. The van der Waals surface area contributed by atoms with Crippen LogP contribution in [0.1, 0.15) is 30.1 Å². The number of para-hydroxylation sites is 2. The summed E-state index contributed by atoms with van der Waals surface area (Å²) in [5, 5.41) is 0.698. The molecule has 2 aromatic carbocycles. The third kappa shape index (κ3) is 3.35. The molecule has 2 aromatic heterocycles. The molecule has 29 heavy (non-hydrogen) atoms. The second-order valence-corrected chi connectivity index (χ2v) is 7.19. The number of aromatic amines is 2. The van der Waals surface area contributed by atoms with Gasteiger partial charge in [-0.15, -0.1) is 0 Å². The molecule has 148 valence electrons. The van der Waals surface area contributed by atoms with Crippen molar-refractivity contribution in [2.24, 2.45) is 0 Å². The summed E-state index contributed by atoms with van der Waals surface area (Å²) in [6.45, 7) is 2.80. The molecule has 7 nitrogen and oxygen atoms in total. The summed E-state index contributed by atoms with van der Waals surface area (Å²) in [6, 6.07) is 12.7. The number of nitrogens with zero attached hydrogens (tertiary/aromatic N) is 2. The summed E-state index contributed by atoms with van der Waals surface area (Å²) in [7, 11) is 1.80. The highest BCUT2D eigenvalue weighted by Gasteiger charge is 2.18. The number of aromatic nitrogens is 3. The van der Waals surface area contributed by atoms with Crippen molar-refractivity contribution in [3.8, 4) is 11.4 Å². The molecule has 0 aliphatic heterocycles. The first kappa shape index (κ1) is 18.7. The Balaban J connectivity index is 1.78. The van der Waals surface area contributed by atoms with Crippen molar-refractivity contribution in [1.29, 1.82) is 0 Å². The lowest BCUT2D eigenvalue weighted by Crippen LogP contribution is -2.27. The number of fused-ring (bicyclic) bond motifs is 2. The molecule has 1 amide bonds. The van der Waals surface area contributed by atoms with Gasteiger partial charge in [0.15, 0.2) is 5.69 Å². The van der Waals surface area contributed by atoms with Gasteiger partial charge >= 0.3 is 0 Å². The normalized spacial score (nSPS) is 11.2. The maximum Gasteiger partial charge on any atom is 0.276 e. The van der Waals surface area contributed by atoms with Crippen molar-refractivity contribution in [3.63, 3.8) is 0 Å². The summed E-state index contributed by atoms with van der Waals surface area (Å²) < 4.78 is 0. The Labute approximate surface area is 167 Å². The molecule has 4 rings (SSSR count). The second kappa shape index (κ2) is 7.43. The first-order valence-corrected chi connectivity index (χ1v) is 9.65. The summed E-state index contributed by atoms with van der Waals surface area (Å²) in [6.07, 6.45) is 1.98. The van der Waals surface area contributed by atoms with Crippen molar-refractivity contribution in [2.45, 2.75) is 19.8 Å². The van der Waals surface area contributed by atoms with Crippen molar-refractivity contribution in [2.75, 3.05) is 19.3 Å². The Kier molecular flexibility index (Phi) is 4.80. The van der Waals surface area contributed by atoms with Gasteiger partial charge in [-0.25, -0.2) is 4.98 Å². The van der Waals surface area contributed by atoms with E-state index in [9.17, 15) is 9.59 Å². The fraction of sp³-hybridized carbons (Fsp3) is 0.227. The quantitative estimate of drug-likeness (QED) is 0.485. The lowest BCUT2D eigenvalue weighted by Gasteiger charge is -2.16. The Morgan fingerprint density at radius 1 is 1.14 bits per heavy atom. The number of hydrogen-bond acceptors (Lipinski definition) is 4. The van der Waals surface area contributed by atoms with E-state index in [1.807, 2.05) is 24.3 Å². The minimum absolute atomic E-state index is 0.0517. The number of nitrogens with one attached hydrogen (secondary N) is 2. The number of nitrogens with two attached hydrogens (primary N) is 1. The zero-order valence-corrected chi connectivity index (χ0v) is 16.5. The van der Waals surface area contributed by atoms with Crippen molar-refractivity contribution in [3.05, 3.63) is 58.4 Å². The van der Waals surface area contributed by atoms with Gasteiger partial charge in [0.1, 0.15) is 0 Å². The predicted molar refractivity (Wildman–Crippen MR) is 116 cm³/mol. The van der Waals surface area contributed by atoms with Crippen LogP contribution in [0.5, 0.6) is 0 Å². The van der Waals surface area contributed by atoms with Crippen LogP contribution in [0.4, 0.5) is 5.69 Å². The SMILES string of the molecule is CCCCN(C)C(=O)c1ccc2[nH]c(-c3nc4ccccc4[nH]c3=O)c(N)c2c1. The van der Waals surface area contributed by atoms with Crippen LogP contribution < -0.4 is 11.3 Å². The fourth-order valence-corrected chi connectivity index (χ4v) is 3.45. The second-order valence-electron chi connectivity index (χ2n) is 7.19. The van der Waals surface area contributed by atoms with Crippen LogP contribution in [0.25, 0.3) is 33.3 Å². The molecule has 0 bridgehead atoms. The number of nitrogen functional groups attached to an aromatic ring is 1. The van der Waals surface area contributed by atoms with E-state index in [1.54, 1.807) is 30.1 Å². The lowest BCUT2D eigenvalue weighted by molar-refractivity contribution is 0.0793. The maximum atomic E-state index is 12.7. The van der Waals surface area contributed by atoms with Crippen LogP contribution in [0.15, 0.2) is 47.3 Å². The Morgan fingerprint density at radius 3 is 2.72 bits per heavy atom. The van der Waals surface area contributed by atoms with Gasteiger partial charge < -0.3 is 20.6 Å². The van der Waals surface area contributed by atoms with Crippen LogP contribution in [0.2, 0.25) is 0 Å². The molecule has 0 aliphatic rings. The van der Waals surface area contributed by atoms with E-state index >= 15 is 0 Å². The zero-order valence-electron chi connectivity index (χ0n) is 16.5. The highest BCUT2D eigenvalue weighted by atomic mass is 16.2. The molecule has 4 N–H and O–H groups in total. The number of carbonyl (C=O) groups excluding carboxylic acids is 1. The van der Waals surface area contributed by atoms with Gasteiger partial charge in [-0.05, 0) is 36.8 Å². The molecule has 0 radical (unpaired) electrons. The minimum Gasteiger partial charge on any atom is -0.396 e. The zero-order chi connectivity index (χ0) is 20.5. The van der Waals surface area contributed by atoms with Crippen LogP contribution in [0.3, 0.4) is 0 Å². The smallest absolute Gasteiger partial charge is 0.276 e. The summed E-state index contributed by atoms with van der Waals surface area (Å²) in [5.41, 5.74) is 9.78. The summed E-state index contributed by atoms with van der Waals surface area (Å²) in [4.78, 5) is 37.5. The van der Waals surface area contributed by atoms with E-state index in [2.05, 4.69) is 21.9 Å². The molecule has 0 spiro atoms. The number of unbranched alkanes of at least 4 members (excludes halogenated alkanes) is 1. The first-order chi connectivity index (χ1) is 14.0. The van der Waals surface area contributed by atoms with Crippen molar-refractivity contribution in [1.82, 2.24) is 19.9 Å². The topological polar surface area (TPSA) is 108 Å². The van der Waals surface area contributed by atoms with Gasteiger partial charge in [-0.1, -0.05) is 25.5 Å². The predicted octanol–water partition coefficient (Wildman–Crippen LogP) is 3.53. The molecule has 0 fully saturated rings. The van der Waals surface area contributed by atoms with E-state index in [0.717, 1.165) is 18.4 Å². The molecular weight excluding hydrogens is 366 g/mol. The van der Waals surface area contributed by atoms with E-state index in [1.165, 1.54) is 0 Å². The van der Waals surface area contributed by atoms with Crippen molar-refractivity contribution < 1.29 is 4.79 Å². The van der Waals surface area contributed by atoms with Gasteiger partial charge in [0.2, 0.25) is 0 Å². The molecule has 0 unspecified atom stereocenters. The molecule has 0 saturated carbocycles. The van der Waals surface area contributed by atoms with Gasteiger partial charge in [-0.2, -0.15) is 0 Å². The maximum absolute atomic E-state index is 12.7. The van der Waals surface area contributed by atoms with Crippen LogP contribution in [-0.2, 0) is 0 Å². The average molecular weight is 389 g/mol. The van der Waals surface area contributed by atoms with Crippen molar-refractivity contribution >= 4 is 33.5 Å². The molecular formula is C22H23N5O2. The molecule has 7 heteroatoms. The number of hydrogen-bond donors (Lipinski definition) is 3. The van der Waals surface area contributed by atoms with Gasteiger partial charge in [0, 0.05) is 30.1 Å². The number of rotatable bonds is 5. The van der Waals surface area contributed by atoms with Crippen LogP contribution in [-0.4, -0.2) is 39.4 Å². The third-order valence-electron chi connectivity index (χ3n) is 5.12. The highest BCUT2D eigenvalue weighted by Crippen LogP contribution is 2.31. The molecule has 2 heterocycles. The fourth-order valence-electron chi connectivity index (χ4n) is 3.45.